The highest BCUT2D eigenvalue weighted by molar-refractivity contribution is 5.03. The minimum Gasteiger partial charge on any atom is -0.394 e. The molecule has 1 atom stereocenters. The zero-order valence-corrected chi connectivity index (χ0v) is 6.18. The van der Waals surface area contributed by atoms with Gasteiger partial charge in [-0.1, -0.05) is 19.3 Å². The number of rotatable bonds is 1. The van der Waals surface area contributed by atoms with E-state index in [4.69, 9.17) is 9.84 Å². The third-order valence-electron chi connectivity index (χ3n) is 2.77. The minimum atomic E-state index is 0.146. The maximum absolute atomic E-state index is 8.80. The van der Waals surface area contributed by atoms with Crippen LogP contribution in [-0.2, 0) is 4.74 Å². The zero-order chi connectivity index (χ0) is 7.03. The number of hydrogen-bond donors (Lipinski definition) is 1. The van der Waals surface area contributed by atoms with Gasteiger partial charge in [0.1, 0.15) is 6.10 Å². The van der Waals surface area contributed by atoms with Crippen LogP contribution in [0.4, 0.5) is 0 Å². The first-order valence-corrected chi connectivity index (χ1v) is 4.16. The van der Waals surface area contributed by atoms with Gasteiger partial charge in [-0.05, 0) is 12.8 Å². The highest BCUT2D eigenvalue weighted by Crippen LogP contribution is 2.47. The van der Waals surface area contributed by atoms with Crippen molar-refractivity contribution < 1.29 is 9.84 Å². The smallest absolute Gasteiger partial charge is 0.110 e. The van der Waals surface area contributed by atoms with Gasteiger partial charge in [-0.2, -0.15) is 0 Å². The fourth-order valence-electron chi connectivity index (χ4n) is 2.04. The van der Waals surface area contributed by atoms with Crippen LogP contribution in [0.5, 0.6) is 0 Å². The summed E-state index contributed by atoms with van der Waals surface area (Å²) in [5.74, 6) is 0. The van der Waals surface area contributed by atoms with Crippen molar-refractivity contribution in [2.24, 2.45) is 0 Å². The van der Waals surface area contributed by atoms with Crippen molar-refractivity contribution in [1.82, 2.24) is 0 Å². The Hall–Kier alpha value is -0.0800. The summed E-state index contributed by atoms with van der Waals surface area (Å²) in [6, 6.07) is 0. The molecule has 0 aromatic heterocycles. The average Bonchev–Trinajstić information content (AvgIpc) is 2.65. The zero-order valence-electron chi connectivity index (χ0n) is 6.18. The Morgan fingerprint density at radius 1 is 1.30 bits per heavy atom. The molecule has 0 unspecified atom stereocenters. The maximum atomic E-state index is 8.80. The number of aliphatic hydroxyl groups is 1. The number of hydrogen-bond acceptors (Lipinski definition) is 2. The molecule has 2 nitrogen and oxygen atoms in total. The average molecular weight is 142 g/mol. The van der Waals surface area contributed by atoms with E-state index in [1.54, 1.807) is 0 Å². The first kappa shape index (κ1) is 6.62. The topological polar surface area (TPSA) is 32.8 Å². The highest BCUT2D eigenvalue weighted by atomic mass is 16.6. The second-order valence-corrected chi connectivity index (χ2v) is 3.41. The second-order valence-electron chi connectivity index (χ2n) is 3.41. The molecule has 1 saturated carbocycles. The van der Waals surface area contributed by atoms with Crippen LogP contribution in [0.3, 0.4) is 0 Å². The third kappa shape index (κ3) is 0.867. The molecule has 58 valence electrons. The maximum Gasteiger partial charge on any atom is 0.110 e. The monoisotopic (exact) mass is 142 g/mol. The molecule has 0 amide bonds. The lowest BCUT2D eigenvalue weighted by atomic mass is 9.87. The van der Waals surface area contributed by atoms with Crippen LogP contribution < -0.4 is 0 Å². The molecule has 1 heterocycles. The molecule has 0 radical (unpaired) electrons. The summed E-state index contributed by atoms with van der Waals surface area (Å²) < 4.78 is 5.44. The largest absolute Gasteiger partial charge is 0.394 e. The molecule has 10 heavy (non-hydrogen) atoms. The van der Waals surface area contributed by atoms with E-state index < -0.39 is 0 Å². The lowest BCUT2D eigenvalue weighted by Gasteiger charge is -2.17. The fourth-order valence-corrected chi connectivity index (χ4v) is 2.04. The van der Waals surface area contributed by atoms with Crippen LogP contribution in [0, 0.1) is 0 Å². The van der Waals surface area contributed by atoms with Crippen LogP contribution in [0.15, 0.2) is 0 Å². The highest BCUT2D eigenvalue weighted by Gasteiger charge is 2.55. The Morgan fingerprint density at radius 3 is 2.50 bits per heavy atom. The van der Waals surface area contributed by atoms with Crippen LogP contribution in [-0.4, -0.2) is 23.4 Å². The van der Waals surface area contributed by atoms with Crippen LogP contribution in [0.25, 0.3) is 0 Å². The van der Waals surface area contributed by atoms with Gasteiger partial charge in [0.15, 0.2) is 0 Å². The Kier molecular flexibility index (Phi) is 1.46. The Labute approximate surface area is 61.2 Å². The summed E-state index contributed by atoms with van der Waals surface area (Å²) in [4.78, 5) is 0. The molecule has 2 rings (SSSR count). The van der Waals surface area contributed by atoms with Gasteiger partial charge in [0.25, 0.3) is 0 Å². The molecule has 1 N–H and O–H groups in total. The van der Waals surface area contributed by atoms with Crippen molar-refractivity contribution >= 4 is 0 Å². The van der Waals surface area contributed by atoms with Crippen molar-refractivity contribution in [2.45, 2.75) is 43.8 Å². The van der Waals surface area contributed by atoms with Crippen molar-refractivity contribution in [3.8, 4) is 0 Å². The molecular formula is C8H14O2. The van der Waals surface area contributed by atoms with Gasteiger partial charge in [0.2, 0.25) is 0 Å². The SMILES string of the molecule is OC[C@@H]1OC12CCCCC2. The Bertz CT molecular complexity index is 127. The van der Waals surface area contributed by atoms with Gasteiger partial charge in [0, 0.05) is 0 Å². The fraction of sp³-hybridized carbons (Fsp3) is 1.00. The van der Waals surface area contributed by atoms with E-state index in [1.807, 2.05) is 0 Å². The van der Waals surface area contributed by atoms with Crippen molar-refractivity contribution in [2.75, 3.05) is 6.61 Å². The molecule has 0 aromatic rings. The standard InChI is InChI=1S/C8H14O2/c9-6-7-8(10-7)4-2-1-3-5-8/h7,9H,1-6H2/t7-/m0/s1. The predicted molar refractivity (Wildman–Crippen MR) is 37.8 cm³/mol. The second kappa shape index (κ2) is 2.21. The van der Waals surface area contributed by atoms with Gasteiger partial charge in [-0.3, -0.25) is 0 Å². The summed E-state index contributed by atoms with van der Waals surface area (Å²) >= 11 is 0. The summed E-state index contributed by atoms with van der Waals surface area (Å²) in [5.41, 5.74) is 0.146. The lowest BCUT2D eigenvalue weighted by Crippen LogP contribution is -2.20. The van der Waals surface area contributed by atoms with Crippen molar-refractivity contribution in [1.29, 1.82) is 0 Å². The normalized spacial score (nSPS) is 36.3. The van der Waals surface area contributed by atoms with Crippen molar-refractivity contribution in [3.63, 3.8) is 0 Å². The van der Waals surface area contributed by atoms with E-state index in [-0.39, 0.29) is 18.3 Å². The number of aliphatic hydroxyl groups excluding tert-OH is 1. The Balaban J connectivity index is 1.92. The molecule has 0 aromatic carbocycles. The van der Waals surface area contributed by atoms with Gasteiger partial charge in [-0.25, -0.2) is 0 Å². The van der Waals surface area contributed by atoms with E-state index in [9.17, 15) is 0 Å². The Morgan fingerprint density at radius 2 is 2.00 bits per heavy atom. The van der Waals surface area contributed by atoms with E-state index in [0.717, 1.165) is 0 Å². The number of epoxide rings is 1. The van der Waals surface area contributed by atoms with Gasteiger partial charge >= 0.3 is 0 Å². The molecule has 1 saturated heterocycles. The van der Waals surface area contributed by atoms with E-state index in [1.165, 1.54) is 32.1 Å². The number of ether oxygens (including phenoxy) is 1. The molecular weight excluding hydrogens is 128 g/mol. The first-order chi connectivity index (χ1) is 4.87. The summed E-state index contributed by atoms with van der Waals surface area (Å²) in [5, 5.41) is 8.80. The molecule has 1 aliphatic heterocycles. The lowest BCUT2D eigenvalue weighted by molar-refractivity contribution is 0.217. The quantitative estimate of drug-likeness (QED) is 0.556. The summed E-state index contributed by atoms with van der Waals surface area (Å²) in [7, 11) is 0. The van der Waals surface area contributed by atoms with Gasteiger partial charge in [0.05, 0.1) is 12.2 Å². The molecule has 2 aliphatic rings. The van der Waals surface area contributed by atoms with E-state index in [2.05, 4.69) is 0 Å². The van der Waals surface area contributed by atoms with Crippen LogP contribution >= 0.6 is 0 Å². The third-order valence-corrected chi connectivity index (χ3v) is 2.77. The molecule has 0 bridgehead atoms. The molecule has 1 aliphatic carbocycles. The minimum absolute atomic E-state index is 0.146. The van der Waals surface area contributed by atoms with Crippen LogP contribution in [0.1, 0.15) is 32.1 Å². The van der Waals surface area contributed by atoms with E-state index in [0.29, 0.717) is 0 Å². The summed E-state index contributed by atoms with van der Waals surface area (Å²) in [6.45, 7) is 0.222. The first-order valence-electron chi connectivity index (χ1n) is 4.16. The predicted octanol–water partition coefficient (Wildman–Crippen LogP) is 1.08. The molecule has 2 heteroatoms. The van der Waals surface area contributed by atoms with Crippen molar-refractivity contribution in [3.05, 3.63) is 0 Å². The molecule has 2 fully saturated rings. The van der Waals surface area contributed by atoms with Gasteiger partial charge in [-0.15, -0.1) is 0 Å². The summed E-state index contributed by atoms with van der Waals surface area (Å²) in [6.07, 6.45) is 6.47. The van der Waals surface area contributed by atoms with E-state index >= 15 is 0 Å². The van der Waals surface area contributed by atoms with Crippen LogP contribution in [0.2, 0.25) is 0 Å². The van der Waals surface area contributed by atoms with Gasteiger partial charge < -0.3 is 9.84 Å². The molecule has 1 spiro atoms.